The highest BCUT2D eigenvalue weighted by atomic mass is 19.1. The fourth-order valence-electron chi connectivity index (χ4n) is 3.46. The molecule has 1 atom stereocenters. The van der Waals surface area contributed by atoms with Crippen molar-refractivity contribution in [3.05, 3.63) is 29.8 Å². The van der Waals surface area contributed by atoms with Gasteiger partial charge in [0.15, 0.2) is 0 Å². The number of benzene rings is 1. The van der Waals surface area contributed by atoms with Crippen LogP contribution in [0.25, 0.3) is 0 Å². The van der Waals surface area contributed by atoms with Crippen LogP contribution in [0.2, 0.25) is 0 Å². The monoisotopic (exact) mass is 393 g/mol. The second kappa shape index (κ2) is 16.4. The van der Waals surface area contributed by atoms with E-state index in [1.807, 2.05) is 0 Å². The number of carboxylic acids is 1. The van der Waals surface area contributed by atoms with E-state index < -0.39 is 12.1 Å². The Hall–Kier alpha value is -1.58. The fourth-order valence-corrected chi connectivity index (χ4v) is 3.46. The van der Waals surface area contributed by atoms with E-state index in [-0.39, 0.29) is 5.56 Å². The van der Waals surface area contributed by atoms with Crippen molar-refractivity contribution in [2.45, 2.75) is 103 Å². The Labute approximate surface area is 171 Å². The Bertz CT molecular complexity index is 504. The van der Waals surface area contributed by atoms with Gasteiger partial charge in [-0.1, -0.05) is 103 Å². The summed E-state index contributed by atoms with van der Waals surface area (Å²) in [5.41, 5.74) is 1.10. The van der Waals surface area contributed by atoms with E-state index >= 15 is 0 Å². The summed E-state index contributed by atoms with van der Waals surface area (Å²) in [5.74, 6) is -1.44. The van der Waals surface area contributed by atoms with Gasteiger partial charge in [-0.3, -0.25) is 0 Å². The third kappa shape index (κ3) is 12.0. The molecule has 1 aromatic rings. The van der Waals surface area contributed by atoms with Crippen molar-refractivity contribution in [3.63, 3.8) is 0 Å². The van der Waals surface area contributed by atoms with Crippen LogP contribution in [0.4, 0.5) is 10.1 Å². The van der Waals surface area contributed by atoms with Crippen LogP contribution in [0.15, 0.2) is 24.3 Å². The van der Waals surface area contributed by atoms with Crippen LogP contribution in [-0.2, 0) is 4.79 Å². The lowest BCUT2D eigenvalue weighted by Crippen LogP contribution is -2.06. The number of aliphatic carboxylic acids is 1. The highest BCUT2D eigenvalue weighted by molar-refractivity contribution is 5.74. The smallest absolute Gasteiger partial charge is 0.343 e. The van der Waals surface area contributed by atoms with E-state index in [0.29, 0.717) is 0 Å². The maximum Gasteiger partial charge on any atom is 0.343 e. The molecule has 3 nitrogen and oxygen atoms in total. The van der Waals surface area contributed by atoms with Gasteiger partial charge in [-0.05, 0) is 24.1 Å². The van der Waals surface area contributed by atoms with Crippen molar-refractivity contribution in [2.75, 3.05) is 11.9 Å². The summed E-state index contributed by atoms with van der Waals surface area (Å²) in [5, 5.41) is 12.0. The van der Waals surface area contributed by atoms with Crippen molar-refractivity contribution in [1.82, 2.24) is 0 Å². The highest BCUT2D eigenvalue weighted by Crippen LogP contribution is 2.20. The van der Waals surface area contributed by atoms with Gasteiger partial charge in [0.1, 0.15) is 0 Å². The molecule has 0 amide bonds. The summed E-state index contributed by atoms with van der Waals surface area (Å²) < 4.78 is 13.4. The summed E-state index contributed by atoms with van der Waals surface area (Å²) in [4.78, 5) is 10.6. The Morgan fingerprint density at radius 2 is 1.25 bits per heavy atom. The summed E-state index contributed by atoms with van der Waals surface area (Å²) in [7, 11) is 0. The maximum atomic E-state index is 13.4. The third-order valence-corrected chi connectivity index (χ3v) is 5.28. The van der Waals surface area contributed by atoms with Crippen LogP contribution in [0.5, 0.6) is 0 Å². The third-order valence-electron chi connectivity index (χ3n) is 5.28. The Morgan fingerprint density at radius 3 is 1.68 bits per heavy atom. The first-order valence-corrected chi connectivity index (χ1v) is 11.4. The van der Waals surface area contributed by atoms with E-state index in [1.54, 1.807) is 12.1 Å². The molecule has 0 aliphatic carbocycles. The van der Waals surface area contributed by atoms with Gasteiger partial charge < -0.3 is 10.4 Å². The van der Waals surface area contributed by atoms with Crippen LogP contribution < -0.4 is 5.32 Å². The van der Waals surface area contributed by atoms with Gasteiger partial charge in [-0.15, -0.1) is 0 Å². The highest BCUT2D eigenvalue weighted by Gasteiger charge is 2.17. The molecule has 1 aromatic carbocycles. The standard InChI is InChI=1S/C24H40FNO2/c1-2-3-4-5-6-7-8-9-10-11-12-13-14-15-20-26-22-18-16-21(17-19-22)23(25)24(27)28/h16-19,23,26H,2-15,20H2,1H3,(H,27,28). The molecule has 0 bridgehead atoms. The lowest BCUT2D eigenvalue weighted by Gasteiger charge is -2.08. The molecule has 1 unspecified atom stereocenters. The minimum atomic E-state index is -1.94. The van der Waals surface area contributed by atoms with E-state index in [2.05, 4.69) is 12.2 Å². The van der Waals surface area contributed by atoms with Crippen LogP contribution in [0.1, 0.15) is 109 Å². The van der Waals surface area contributed by atoms with Gasteiger partial charge in [0, 0.05) is 12.2 Å². The number of carbonyl (C=O) groups is 1. The minimum absolute atomic E-state index is 0.189. The molecule has 0 fully saturated rings. The van der Waals surface area contributed by atoms with Gasteiger partial charge in [-0.2, -0.15) is 0 Å². The lowest BCUT2D eigenvalue weighted by atomic mass is 10.0. The zero-order valence-electron chi connectivity index (χ0n) is 17.7. The van der Waals surface area contributed by atoms with E-state index in [9.17, 15) is 9.18 Å². The average molecular weight is 394 g/mol. The average Bonchev–Trinajstić information content (AvgIpc) is 2.70. The van der Waals surface area contributed by atoms with Crippen molar-refractivity contribution < 1.29 is 14.3 Å². The summed E-state index contributed by atoms with van der Waals surface area (Å²) in [6.07, 6.45) is 17.0. The quantitative estimate of drug-likeness (QED) is 0.251. The Morgan fingerprint density at radius 1 is 0.821 bits per heavy atom. The number of rotatable bonds is 18. The van der Waals surface area contributed by atoms with Gasteiger partial charge in [0.05, 0.1) is 0 Å². The molecule has 4 heteroatoms. The predicted octanol–water partition coefficient (Wildman–Crippen LogP) is 7.68. The Balaban J connectivity index is 1.89. The molecule has 0 spiro atoms. The second-order valence-corrected chi connectivity index (χ2v) is 7.85. The first kappa shape index (κ1) is 24.5. The summed E-state index contributed by atoms with van der Waals surface area (Å²) in [6, 6.07) is 6.56. The number of unbranched alkanes of at least 4 members (excludes halogenated alkanes) is 13. The first-order valence-electron chi connectivity index (χ1n) is 11.4. The van der Waals surface area contributed by atoms with Crippen molar-refractivity contribution in [1.29, 1.82) is 0 Å². The number of carboxylic acid groups (broad SMARTS) is 1. The summed E-state index contributed by atoms with van der Waals surface area (Å²) in [6.45, 7) is 3.17. The predicted molar refractivity (Wildman–Crippen MR) is 117 cm³/mol. The van der Waals surface area contributed by atoms with Crippen molar-refractivity contribution in [3.8, 4) is 0 Å². The topological polar surface area (TPSA) is 49.3 Å². The molecule has 0 aliphatic rings. The molecule has 0 radical (unpaired) electrons. The van der Waals surface area contributed by atoms with Gasteiger partial charge in [-0.25, -0.2) is 9.18 Å². The van der Waals surface area contributed by atoms with E-state index in [4.69, 9.17) is 5.11 Å². The van der Waals surface area contributed by atoms with Crippen LogP contribution >= 0.6 is 0 Å². The normalized spacial score (nSPS) is 12.1. The van der Waals surface area contributed by atoms with Crippen molar-refractivity contribution >= 4 is 11.7 Å². The molecule has 1 rings (SSSR count). The minimum Gasteiger partial charge on any atom is -0.479 e. The lowest BCUT2D eigenvalue weighted by molar-refractivity contribution is -0.143. The summed E-state index contributed by atoms with van der Waals surface area (Å²) >= 11 is 0. The molecule has 0 aromatic heterocycles. The molecule has 0 aliphatic heterocycles. The number of halogens is 1. The number of hydrogen-bond donors (Lipinski definition) is 2. The fraction of sp³-hybridized carbons (Fsp3) is 0.708. The first-order chi connectivity index (χ1) is 13.6. The Kier molecular flexibility index (Phi) is 14.3. The van der Waals surface area contributed by atoms with Crippen molar-refractivity contribution in [2.24, 2.45) is 0 Å². The molecule has 2 N–H and O–H groups in total. The van der Waals surface area contributed by atoms with Crippen LogP contribution in [0.3, 0.4) is 0 Å². The number of anilines is 1. The van der Waals surface area contributed by atoms with Gasteiger partial charge in [0.2, 0.25) is 6.17 Å². The molecule has 160 valence electrons. The number of nitrogens with one attached hydrogen (secondary N) is 1. The zero-order valence-corrected chi connectivity index (χ0v) is 17.7. The molecule has 0 saturated carbocycles. The largest absolute Gasteiger partial charge is 0.479 e. The van der Waals surface area contributed by atoms with Gasteiger partial charge >= 0.3 is 5.97 Å². The number of hydrogen-bond acceptors (Lipinski definition) is 2. The van der Waals surface area contributed by atoms with Gasteiger partial charge in [0.25, 0.3) is 0 Å². The SMILES string of the molecule is CCCCCCCCCCCCCCCCNc1ccc(C(F)C(=O)O)cc1. The molecule has 0 saturated heterocycles. The van der Waals surface area contributed by atoms with Crippen LogP contribution in [0, 0.1) is 0 Å². The molecule has 28 heavy (non-hydrogen) atoms. The maximum absolute atomic E-state index is 13.4. The molecule has 0 heterocycles. The number of alkyl halides is 1. The van der Waals surface area contributed by atoms with E-state index in [1.165, 1.54) is 95.6 Å². The second-order valence-electron chi connectivity index (χ2n) is 7.85. The van der Waals surface area contributed by atoms with E-state index in [0.717, 1.165) is 18.7 Å². The zero-order chi connectivity index (χ0) is 20.5. The van der Waals surface area contributed by atoms with Crippen LogP contribution in [-0.4, -0.2) is 17.6 Å². The molecular formula is C24H40FNO2. The molecular weight excluding hydrogens is 353 g/mol.